The molecule has 0 amide bonds. The molecule has 1 unspecified atom stereocenters. The van der Waals surface area contributed by atoms with E-state index in [1.807, 2.05) is 31.2 Å². The lowest BCUT2D eigenvalue weighted by Gasteiger charge is -2.37. The average Bonchev–Trinajstić information content (AvgIpc) is 2.49. The number of aliphatic hydroxyl groups excluding tert-OH is 1. The largest absolute Gasteiger partial charge is 0.497 e. The molecule has 0 bridgehead atoms. The van der Waals surface area contributed by atoms with Crippen molar-refractivity contribution >= 4 is 0 Å². The highest BCUT2D eigenvalue weighted by Gasteiger charge is 2.32. The van der Waals surface area contributed by atoms with E-state index in [-0.39, 0.29) is 24.9 Å². The fourth-order valence-corrected chi connectivity index (χ4v) is 2.56. The van der Waals surface area contributed by atoms with Crippen molar-refractivity contribution in [2.24, 2.45) is 11.8 Å². The van der Waals surface area contributed by atoms with Crippen LogP contribution in [0.5, 0.6) is 5.75 Å². The fourth-order valence-electron chi connectivity index (χ4n) is 2.56. The van der Waals surface area contributed by atoms with Crippen LogP contribution < -0.4 is 4.74 Å². The zero-order valence-corrected chi connectivity index (χ0v) is 12.4. The second kappa shape index (κ2) is 7.07. The number of rotatable bonds is 5. The Morgan fingerprint density at radius 2 is 2.05 bits per heavy atom. The summed E-state index contributed by atoms with van der Waals surface area (Å²) in [6, 6.07) is 7.92. The molecule has 1 N–H and O–H groups in total. The van der Waals surface area contributed by atoms with E-state index in [1.54, 1.807) is 7.11 Å². The lowest BCUT2D eigenvalue weighted by Crippen LogP contribution is -2.43. The molecule has 0 aromatic heterocycles. The van der Waals surface area contributed by atoms with Crippen LogP contribution in [0.4, 0.5) is 0 Å². The molecule has 1 aromatic carbocycles. The number of ether oxygens (including phenoxy) is 3. The first-order chi connectivity index (χ1) is 9.63. The van der Waals surface area contributed by atoms with E-state index in [4.69, 9.17) is 14.2 Å². The minimum Gasteiger partial charge on any atom is -0.497 e. The molecule has 1 aromatic rings. The zero-order valence-electron chi connectivity index (χ0n) is 12.4. The summed E-state index contributed by atoms with van der Waals surface area (Å²) in [6.45, 7) is 4.93. The maximum absolute atomic E-state index is 9.30. The Balaban J connectivity index is 1.95. The van der Waals surface area contributed by atoms with Gasteiger partial charge in [0.25, 0.3) is 0 Å². The number of aliphatic hydroxyl groups is 1. The van der Waals surface area contributed by atoms with Crippen molar-refractivity contribution < 1.29 is 19.3 Å². The molecule has 1 aliphatic rings. The van der Waals surface area contributed by atoms with E-state index in [1.165, 1.54) is 0 Å². The van der Waals surface area contributed by atoms with E-state index >= 15 is 0 Å². The van der Waals surface area contributed by atoms with Gasteiger partial charge in [0.2, 0.25) is 0 Å². The van der Waals surface area contributed by atoms with E-state index in [0.717, 1.165) is 11.3 Å². The highest BCUT2D eigenvalue weighted by Crippen LogP contribution is 2.26. The summed E-state index contributed by atoms with van der Waals surface area (Å²) in [7, 11) is 1.66. The van der Waals surface area contributed by atoms with Gasteiger partial charge < -0.3 is 19.3 Å². The average molecular weight is 280 g/mol. The quantitative estimate of drug-likeness (QED) is 0.898. The van der Waals surface area contributed by atoms with Gasteiger partial charge in [-0.05, 0) is 17.7 Å². The predicted octanol–water partition coefficient (Wildman–Crippen LogP) is 2.24. The molecule has 1 aliphatic heterocycles. The van der Waals surface area contributed by atoms with Crippen molar-refractivity contribution in [2.75, 3.05) is 20.3 Å². The van der Waals surface area contributed by atoms with Gasteiger partial charge in [-0.2, -0.15) is 0 Å². The van der Waals surface area contributed by atoms with Crippen molar-refractivity contribution in [3.05, 3.63) is 29.8 Å². The molecule has 4 heteroatoms. The highest BCUT2D eigenvalue weighted by molar-refractivity contribution is 5.27. The second-order valence-corrected chi connectivity index (χ2v) is 5.55. The summed E-state index contributed by atoms with van der Waals surface area (Å²) in [5, 5.41) is 9.30. The van der Waals surface area contributed by atoms with Gasteiger partial charge in [-0.15, -0.1) is 0 Å². The highest BCUT2D eigenvalue weighted by atomic mass is 16.7. The summed E-state index contributed by atoms with van der Waals surface area (Å²) in [5.41, 5.74) is 1.15. The molecular formula is C16H24O4. The van der Waals surface area contributed by atoms with Crippen molar-refractivity contribution in [3.8, 4) is 5.75 Å². The van der Waals surface area contributed by atoms with Crippen molar-refractivity contribution in [2.45, 2.75) is 32.7 Å². The van der Waals surface area contributed by atoms with Gasteiger partial charge in [0.05, 0.1) is 19.8 Å². The Morgan fingerprint density at radius 3 is 2.65 bits per heavy atom. The van der Waals surface area contributed by atoms with Gasteiger partial charge >= 0.3 is 0 Å². The van der Waals surface area contributed by atoms with E-state index < -0.39 is 0 Å². The Morgan fingerprint density at radius 1 is 1.35 bits per heavy atom. The predicted molar refractivity (Wildman–Crippen MR) is 76.7 cm³/mol. The van der Waals surface area contributed by atoms with Gasteiger partial charge in [0, 0.05) is 24.9 Å². The number of benzene rings is 1. The SMILES string of the molecule is COc1ccc(CC2OC[C@H](C)[C@@H]([C@@H](C)CO)O2)cc1. The van der Waals surface area contributed by atoms with Crippen LogP contribution in [-0.2, 0) is 15.9 Å². The van der Waals surface area contributed by atoms with Crippen LogP contribution in [0.3, 0.4) is 0 Å². The Hall–Kier alpha value is -1.10. The number of hydrogen-bond donors (Lipinski definition) is 1. The maximum Gasteiger partial charge on any atom is 0.161 e. The van der Waals surface area contributed by atoms with Gasteiger partial charge in [0.1, 0.15) is 5.75 Å². The summed E-state index contributed by atoms with van der Waals surface area (Å²) in [5.74, 6) is 1.29. The van der Waals surface area contributed by atoms with Crippen LogP contribution >= 0.6 is 0 Å². The normalized spacial score (nSPS) is 28.1. The second-order valence-electron chi connectivity index (χ2n) is 5.55. The molecule has 0 radical (unpaired) electrons. The first-order valence-corrected chi connectivity index (χ1v) is 7.15. The zero-order chi connectivity index (χ0) is 14.5. The Labute approximate surface area is 120 Å². The molecule has 1 heterocycles. The van der Waals surface area contributed by atoms with E-state index in [2.05, 4.69) is 6.92 Å². The van der Waals surface area contributed by atoms with Crippen LogP contribution in [0.1, 0.15) is 19.4 Å². The first kappa shape index (κ1) is 15.3. The topological polar surface area (TPSA) is 47.9 Å². The molecule has 0 aliphatic carbocycles. The molecule has 4 atom stereocenters. The standard InChI is InChI=1S/C16H24O4/c1-11(9-17)16-12(2)10-19-15(20-16)8-13-4-6-14(18-3)7-5-13/h4-7,11-12,15-17H,8-10H2,1-3H3/t11-,12-,15?,16+/m0/s1. The summed E-state index contributed by atoms with van der Waals surface area (Å²) >= 11 is 0. The van der Waals surface area contributed by atoms with Gasteiger partial charge in [-0.1, -0.05) is 26.0 Å². The van der Waals surface area contributed by atoms with Crippen LogP contribution in [0, 0.1) is 11.8 Å². The van der Waals surface area contributed by atoms with E-state index in [9.17, 15) is 5.11 Å². The molecule has 0 saturated carbocycles. The fraction of sp³-hybridized carbons (Fsp3) is 0.625. The summed E-state index contributed by atoms with van der Waals surface area (Å²) in [6.07, 6.45) is 0.529. The Bertz CT molecular complexity index is 399. The molecule has 1 fully saturated rings. The third kappa shape index (κ3) is 3.72. The van der Waals surface area contributed by atoms with Gasteiger partial charge in [-0.25, -0.2) is 0 Å². The van der Waals surface area contributed by atoms with E-state index in [0.29, 0.717) is 18.9 Å². The first-order valence-electron chi connectivity index (χ1n) is 7.15. The van der Waals surface area contributed by atoms with Crippen LogP contribution in [0.25, 0.3) is 0 Å². The monoisotopic (exact) mass is 280 g/mol. The van der Waals surface area contributed by atoms with Crippen LogP contribution in [-0.4, -0.2) is 37.8 Å². The molecule has 0 spiro atoms. The van der Waals surface area contributed by atoms with Crippen LogP contribution in [0.15, 0.2) is 24.3 Å². The minimum atomic E-state index is -0.237. The van der Waals surface area contributed by atoms with Crippen molar-refractivity contribution in [3.63, 3.8) is 0 Å². The number of methoxy groups -OCH3 is 1. The van der Waals surface area contributed by atoms with Gasteiger partial charge in [0.15, 0.2) is 6.29 Å². The number of hydrogen-bond acceptors (Lipinski definition) is 4. The molecule has 20 heavy (non-hydrogen) atoms. The van der Waals surface area contributed by atoms with Crippen LogP contribution in [0.2, 0.25) is 0 Å². The maximum atomic E-state index is 9.30. The van der Waals surface area contributed by atoms with Crippen molar-refractivity contribution in [1.29, 1.82) is 0 Å². The molecule has 4 nitrogen and oxygen atoms in total. The van der Waals surface area contributed by atoms with Crippen molar-refractivity contribution in [1.82, 2.24) is 0 Å². The smallest absolute Gasteiger partial charge is 0.161 e. The molecular weight excluding hydrogens is 256 g/mol. The third-order valence-corrected chi connectivity index (χ3v) is 3.83. The Kier molecular flexibility index (Phi) is 5.40. The molecule has 2 rings (SSSR count). The summed E-state index contributed by atoms with van der Waals surface area (Å²) < 4.78 is 16.9. The molecule has 1 saturated heterocycles. The third-order valence-electron chi connectivity index (χ3n) is 3.83. The minimum absolute atomic E-state index is 0.0528. The molecule has 112 valence electrons. The summed E-state index contributed by atoms with van der Waals surface area (Å²) in [4.78, 5) is 0. The lowest BCUT2D eigenvalue weighted by atomic mass is 9.93. The lowest BCUT2D eigenvalue weighted by molar-refractivity contribution is -0.245. The van der Waals surface area contributed by atoms with Gasteiger partial charge in [-0.3, -0.25) is 0 Å².